The molecule has 0 radical (unpaired) electrons. The molecule has 11 nitrogen and oxygen atoms in total. The predicted molar refractivity (Wildman–Crippen MR) is 202 cm³/mol. The minimum Gasteiger partial charge on any atom is -0.394 e. The highest BCUT2D eigenvalue weighted by Crippen LogP contribution is 2.61. The molecule has 2 saturated heterocycles. The van der Waals surface area contributed by atoms with Crippen molar-refractivity contribution in [3.05, 3.63) is 0 Å². The molecule has 7 fully saturated rings. The fourth-order valence-corrected chi connectivity index (χ4v) is 12.1. The first kappa shape index (κ1) is 40.3. The van der Waals surface area contributed by atoms with Crippen molar-refractivity contribution in [2.45, 2.75) is 147 Å². The second-order valence-electron chi connectivity index (χ2n) is 18.8. The molecule has 0 aromatic rings. The molecule has 15 atom stereocenters. The van der Waals surface area contributed by atoms with Gasteiger partial charge < -0.3 is 35.8 Å². The maximum Gasteiger partial charge on any atom is 0.240 e. The first-order chi connectivity index (χ1) is 24.8. The van der Waals surface area contributed by atoms with Crippen LogP contribution in [0.5, 0.6) is 0 Å². The van der Waals surface area contributed by atoms with Gasteiger partial charge in [-0.15, -0.1) is 0 Å². The van der Waals surface area contributed by atoms with Gasteiger partial charge in [-0.1, -0.05) is 33.6 Å². The maximum absolute atomic E-state index is 14.3. The van der Waals surface area contributed by atoms with Gasteiger partial charge in [0.1, 0.15) is 12.1 Å². The normalized spacial score (nSPS) is 42.7. The van der Waals surface area contributed by atoms with Crippen LogP contribution in [0.2, 0.25) is 0 Å². The fourth-order valence-electron chi connectivity index (χ4n) is 12.1. The van der Waals surface area contributed by atoms with Crippen molar-refractivity contribution in [3.8, 4) is 0 Å². The molecule has 2 heterocycles. The highest BCUT2D eigenvalue weighted by Gasteiger charge is 2.58. The summed E-state index contributed by atoms with van der Waals surface area (Å²) in [7, 11) is 6.09. The number of amides is 2. The number of carbonyl (C=O) groups excluding carboxylic acids is 2. The monoisotopic (exact) mass is 732 g/mol. The molecule has 2 amide bonds. The molecule has 0 aromatic heterocycles. The lowest BCUT2D eigenvalue weighted by atomic mass is 9.45. The van der Waals surface area contributed by atoms with Crippen molar-refractivity contribution in [1.82, 2.24) is 25.9 Å². The molecule has 0 aromatic carbocycles. The van der Waals surface area contributed by atoms with Gasteiger partial charge in [0.05, 0.1) is 18.8 Å². The Kier molecular flexibility index (Phi) is 13.3. The highest BCUT2D eigenvalue weighted by atomic mass is 16.7. The van der Waals surface area contributed by atoms with Gasteiger partial charge in [0, 0.05) is 56.1 Å². The number of ether oxygens (including phenoxy) is 1. The quantitative estimate of drug-likeness (QED) is 0.193. The van der Waals surface area contributed by atoms with E-state index in [1.54, 1.807) is 12.0 Å². The van der Waals surface area contributed by atoms with Crippen molar-refractivity contribution >= 4 is 11.8 Å². The summed E-state index contributed by atoms with van der Waals surface area (Å²) in [5.74, 6) is 1.89. The lowest BCUT2D eigenvalue weighted by molar-refractivity contribution is -0.193. The topological polar surface area (TPSA) is 136 Å². The Labute approximate surface area is 314 Å². The number of aliphatic hydroxyl groups excluding tert-OH is 2. The van der Waals surface area contributed by atoms with E-state index in [4.69, 9.17) is 9.57 Å². The number of methoxy groups -OCH3 is 1. The number of nitrogens with zero attached hydrogens (tertiary/aromatic N) is 2. The van der Waals surface area contributed by atoms with Crippen molar-refractivity contribution < 1.29 is 29.4 Å². The summed E-state index contributed by atoms with van der Waals surface area (Å²) in [5, 5.41) is 33.5. The zero-order chi connectivity index (χ0) is 37.3. The SMILES string of the molecule is COC1C(CN2O[C@@H](CO)[C@H]([C@H](C)O)[C@H]2C(=O)N[C@H]2C[C@H]3C[C@@H]([C@@H]2C)C3(C)C)CCCC1C1CC(C(=O)NCCC2CCCCN2)CC(N(C)C)C1. The van der Waals surface area contributed by atoms with Crippen LogP contribution in [0, 0.1) is 52.8 Å². The van der Waals surface area contributed by atoms with Gasteiger partial charge in [-0.05, 0) is 127 Å². The standard InChI is InChI=1S/C41H73N5O6/c1-24-33-20-29(41(33,3)4)21-34(24)44-40(50)37-36(25(2)48)35(23-47)52-46(37)22-26-11-10-13-32(38(26)51-7)27-17-28(19-31(18-27)45(5)6)39(49)43-16-14-30-12-8-9-15-42-30/h24-38,42,47-48H,8-23H2,1-7H3,(H,43,49)(H,44,50)/t24-,25-,26?,27?,28?,29+,30?,31?,32?,33-,34-,35-,36-,37-,38?/m0/s1. The maximum atomic E-state index is 14.3. The van der Waals surface area contributed by atoms with Crippen LogP contribution in [-0.2, 0) is 19.2 Å². The molecule has 2 bridgehead atoms. The predicted octanol–water partition coefficient (Wildman–Crippen LogP) is 3.57. The molecule has 11 heteroatoms. The van der Waals surface area contributed by atoms with E-state index in [0.717, 1.165) is 64.5 Å². The van der Waals surface area contributed by atoms with Gasteiger partial charge in [-0.25, -0.2) is 0 Å². The molecule has 7 aliphatic rings. The lowest BCUT2D eigenvalue weighted by Gasteiger charge is -2.62. The van der Waals surface area contributed by atoms with Crippen LogP contribution in [0.25, 0.3) is 0 Å². The number of aliphatic hydroxyl groups is 2. The Morgan fingerprint density at radius 3 is 2.48 bits per heavy atom. The van der Waals surface area contributed by atoms with Crippen LogP contribution >= 0.6 is 0 Å². The van der Waals surface area contributed by atoms with E-state index < -0.39 is 24.2 Å². The zero-order valence-electron chi connectivity index (χ0n) is 33.4. The number of rotatable bonds is 13. The molecular weight excluding hydrogens is 658 g/mol. The third-order valence-corrected chi connectivity index (χ3v) is 15.4. The van der Waals surface area contributed by atoms with Crippen molar-refractivity contribution in [3.63, 3.8) is 0 Å². The summed E-state index contributed by atoms with van der Waals surface area (Å²) in [5.41, 5.74) is 0.320. The van der Waals surface area contributed by atoms with E-state index in [9.17, 15) is 19.8 Å². The first-order valence-corrected chi connectivity index (χ1v) is 21.1. The molecule has 298 valence electrons. The second kappa shape index (κ2) is 17.2. The summed E-state index contributed by atoms with van der Waals surface area (Å²) in [6.45, 7) is 10.8. The lowest BCUT2D eigenvalue weighted by Crippen LogP contribution is -2.62. The first-order valence-electron chi connectivity index (χ1n) is 21.1. The number of nitrogens with one attached hydrogen (secondary N) is 3. The average Bonchev–Trinajstić information content (AvgIpc) is 3.51. The third kappa shape index (κ3) is 8.41. The van der Waals surface area contributed by atoms with Gasteiger partial charge in [-0.3, -0.25) is 14.4 Å². The van der Waals surface area contributed by atoms with E-state index >= 15 is 0 Å². The largest absolute Gasteiger partial charge is 0.394 e. The molecule has 2 aliphatic heterocycles. The number of hydrogen-bond donors (Lipinski definition) is 5. The van der Waals surface area contributed by atoms with Gasteiger partial charge in [0.25, 0.3) is 0 Å². The van der Waals surface area contributed by atoms with E-state index in [0.29, 0.717) is 53.6 Å². The number of carbonyl (C=O) groups is 2. The molecule has 7 unspecified atom stereocenters. The van der Waals surface area contributed by atoms with Crippen LogP contribution in [0.1, 0.15) is 105 Å². The second-order valence-corrected chi connectivity index (χ2v) is 18.8. The highest BCUT2D eigenvalue weighted by molar-refractivity contribution is 5.83. The van der Waals surface area contributed by atoms with Gasteiger partial charge in [-0.2, -0.15) is 5.06 Å². The van der Waals surface area contributed by atoms with E-state index in [-0.39, 0.29) is 42.4 Å². The smallest absolute Gasteiger partial charge is 0.240 e. The molecule has 5 aliphatic carbocycles. The molecular formula is C41H73N5O6. The summed E-state index contributed by atoms with van der Waals surface area (Å²) >= 11 is 0. The van der Waals surface area contributed by atoms with Crippen LogP contribution in [0.15, 0.2) is 0 Å². The van der Waals surface area contributed by atoms with Gasteiger partial charge >= 0.3 is 0 Å². The number of hydroxylamine groups is 2. The summed E-state index contributed by atoms with van der Waals surface area (Å²) < 4.78 is 6.40. The van der Waals surface area contributed by atoms with Gasteiger partial charge in [0.2, 0.25) is 11.8 Å². The Hall–Kier alpha value is -1.34. The van der Waals surface area contributed by atoms with Crippen LogP contribution in [0.3, 0.4) is 0 Å². The fraction of sp³-hybridized carbons (Fsp3) is 0.951. The summed E-state index contributed by atoms with van der Waals surface area (Å²) in [6.07, 6.45) is 11.2. The Morgan fingerprint density at radius 2 is 1.85 bits per heavy atom. The number of piperidine rings is 1. The molecule has 7 rings (SSSR count). The van der Waals surface area contributed by atoms with E-state index in [1.807, 2.05) is 7.11 Å². The van der Waals surface area contributed by atoms with Crippen molar-refractivity contribution in [2.24, 2.45) is 52.8 Å². The van der Waals surface area contributed by atoms with Crippen molar-refractivity contribution in [2.75, 3.05) is 47.4 Å². The Morgan fingerprint density at radius 1 is 1.06 bits per heavy atom. The Bertz CT molecular complexity index is 1200. The zero-order valence-corrected chi connectivity index (χ0v) is 33.4. The van der Waals surface area contributed by atoms with Gasteiger partial charge in [0.15, 0.2) is 0 Å². The molecule has 0 spiro atoms. The van der Waals surface area contributed by atoms with Crippen LogP contribution in [-0.4, -0.2) is 122 Å². The minimum absolute atomic E-state index is 0.0192. The van der Waals surface area contributed by atoms with E-state index in [2.05, 4.69) is 55.7 Å². The molecule has 5 saturated carbocycles. The average molecular weight is 732 g/mol. The van der Waals surface area contributed by atoms with Crippen LogP contribution in [0.4, 0.5) is 0 Å². The molecule has 5 N–H and O–H groups in total. The summed E-state index contributed by atoms with van der Waals surface area (Å²) in [6, 6.07) is 0.244. The summed E-state index contributed by atoms with van der Waals surface area (Å²) in [4.78, 5) is 36.6. The Balaban J connectivity index is 1.13. The van der Waals surface area contributed by atoms with Crippen LogP contribution < -0.4 is 16.0 Å². The number of fused-ring (bicyclic) bond motifs is 2. The third-order valence-electron chi connectivity index (χ3n) is 15.4. The minimum atomic E-state index is -0.821. The number of hydrogen-bond acceptors (Lipinski definition) is 9. The molecule has 52 heavy (non-hydrogen) atoms. The van der Waals surface area contributed by atoms with Crippen molar-refractivity contribution in [1.29, 1.82) is 0 Å². The van der Waals surface area contributed by atoms with E-state index in [1.165, 1.54) is 25.7 Å².